The summed E-state index contributed by atoms with van der Waals surface area (Å²) in [5, 5.41) is 9.97. The SMILES string of the molecule is CCN(C(=O)C1CC(N2CC[C@H](O)C2)CN1c1cc(C(F)(F)F)cc(C)n1)c1ccc(F)c(F)c1. The lowest BCUT2D eigenvalue weighted by molar-refractivity contribution is -0.137. The number of aliphatic hydroxyl groups excluding tert-OH is 1. The Morgan fingerprint density at radius 3 is 2.51 bits per heavy atom. The number of carbonyl (C=O) groups is 1. The van der Waals surface area contributed by atoms with Crippen molar-refractivity contribution in [3.05, 3.63) is 53.2 Å². The first-order valence-corrected chi connectivity index (χ1v) is 11.5. The van der Waals surface area contributed by atoms with Crippen molar-refractivity contribution in [1.82, 2.24) is 9.88 Å². The molecule has 1 amide bonds. The lowest BCUT2D eigenvalue weighted by atomic mass is 10.1. The van der Waals surface area contributed by atoms with Crippen LogP contribution in [0.15, 0.2) is 30.3 Å². The number of aryl methyl sites for hydroxylation is 1. The number of alkyl halides is 3. The molecule has 3 atom stereocenters. The maximum atomic E-state index is 13.9. The van der Waals surface area contributed by atoms with Crippen LogP contribution in [-0.4, -0.2) is 65.3 Å². The van der Waals surface area contributed by atoms with Gasteiger partial charge < -0.3 is 14.9 Å². The fourth-order valence-electron chi connectivity index (χ4n) is 4.93. The molecule has 0 radical (unpaired) electrons. The van der Waals surface area contributed by atoms with Crippen molar-refractivity contribution in [1.29, 1.82) is 0 Å². The molecule has 2 aliphatic rings. The summed E-state index contributed by atoms with van der Waals surface area (Å²) in [7, 11) is 0. The number of halogens is 5. The fourth-order valence-corrected chi connectivity index (χ4v) is 4.93. The summed E-state index contributed by atoms with van der Waals surface area (Å²) in [5.41, 5.74) is -0.544. The number of amides is 1. The zero-order valence-electron chi connectivity index (χ0n) is 19.4. The molecule has 2 saturated heterocycles. The summed E-state index contributed by atoms with van der Waals surface area (Å²) in [5.74, 6) is -2.57. The van der Waals surface area contributed by atoms with Crippen molar-refractivity contribution in [2.75, 3.05) is 36.0 Å². The first kappa shape index (κ1) is 25.3. The second kappa shape index (κ2) is 9.69. The van der Waals surface area contributed by atoms with E-state index in [1.54, 1.807) is 11.8 Å². The predicted molar refractivity (Wildman–Crippen MR) is 120 cm³/mol. The molecule has 1 N–H and O–H groups in total. The quantitative estimate of drug-likeness (QED) is 0.637. The summed E-state index contributed by atoms with van der Waals surface area (Å²) in [6.07, 6.45) is -4.21. The second-order valence-corrected chi connectivity index (χ2v) is 9.03. The number of β-amino-alcohol motifs (C(OH)–C–C–N with tert-alkyl or cyclic N) is 1. The highest BCUT2D eigenvalue weighted by atomic mass is 19.4. The lowest BCUT2D eigenvalue weighted by Gasteiger charge is -2.30. The molecular weight excluding hydrogens is 471 g/mol. The average Bonchev–Trinajstić information content (AvgIpc) is 3.42. The molecule has 1 aromatic carbocycles. The Bertz CT molecular complexity index is 1100. The van der Waals surface area contributed by atoms with Crippen molar-refractivity contribution in [2.45, 2.75) is 51.1 Å². The van der Waals surface area contributed by atoms with E-state index in [0.717, 1.165) is 24.3 Å². The highest BCUT2D eigenvalue weighted by Crippen LogP contribution is 2.36. The Labute approximate surface area is 200 Å². The van der Waals surface area contributed by atoms with Crippen LogP contribution in [0.1, 0.15) is 31.0 Å². The van der Waals surface area contributed by atoms with Crippen LogP contribution < -0.4 is 9.80 Å². The topological polar surface area (TPSA) is 59.9 Å². The van der Waals surface area contributed by atoms with Crippen LogP contribution in [0, 0.1) is 18.6 Å². The Morgan fingerprint density at radius 2 is 1.91 bits per heavy atom. The van der Waals surface area contributed by atoms with Crippen LogP contribution in [0.2, 0.25) is 0 Å². The normalized spacial score (nSPS) is 23.2. The summed E-state index contributed by atoms with van der Waals surface area (Å²) in [6.45, 7) is 4.55. The third-order valence-corrected chi connectivity index (χ3v) is 6.63. The molecule has 11 heteroatoms. The van der Waals surface area contributed by atoms with Crippen molar-refractivity contribution < 1.29 is 31.9 Å². The molecule has 2 fully saturated rings. The fraction of sp³-hybridized carbons (Fsp3) is 0.500. The minimum atomic E-state index is -4.58. The van der Waals surface area contributed by atoms with Gasteiger partial charge in [-0.05, 0) is 51.0 Å². The number of benzene rings is 1. The van der Waals surface area contributed by atoms with Gasteiger partial charge in [0.25, 0.3) is 0 Å². The van der Waals surface area contributed by atoms with Crippen LogP contribution in [0.4, 0.5) is 33.5 Å². The maximum Gasteiger partial charge on any atom is 0.416 e. The highest BCUT2D eigenvalue weighted by Gasteiger charge is 2.44. The number of hydrogen-bond donors (Lipinski definition) is 1. The van der Waals surface area contributed by atoms with Crippen LogP contribution in [0.5, 0.6) is 0 Å². The first-order chi connectivity index (χ1) is 16.5. The number of likely N-dealkylation sites (N-methyl/N-ethyl adjacent to an activating group) is 1. The van der Waals surface area contributed by atoms with Crippen LogP contribution >= 0.6 is 0 Å². The molecule has 0 bridgehead atoms. The molecule has 2 unspecified atom stereocenters. The number of nitrogens with zero attached hydrogens (tertiary/aromatic N) is 4. The molecule has 4 rings (SSSR count). The molecular formula is C24H27F5N4O2. The number of pyridine rings is 1. The smallest absolute Gasteiger partial charge is 0.392 e. The number of aromatic nitrogens is 1. The minimum Gasteiger partial charge on any atom is -0.392 e. The Balaban J connectivity index is 1.71. The molecule has 35 heavy (non-hydrogen) atoms. The van der Waals surface area contributed by atoms with Crippen molar-refractivity contribution in [3.8, 4) is 0 Å². The molecule has 0 aliphatic carbocycles. The zero-order chi connectivity index (χ0) is 25.5. The van der Waals surface area contributed by atoms with Gasteiger partial charge in [0.05, 0.1) is 11.7 Å². The molecule has 2 aromatic rings. The van der Waals surface area contributed by atoms with Gasteiger partial charge in [-0.25, -0.2) is 13.8 Å². The largest absolute Gasteiger partial charge is 0.416 e. The molecule has 6 nitrogen and oxygen atoms in total. The van der Waals surface area contributed by atoms with E-state index in [0.29, 0.717) is 25.9 Å². The van der Waals surface area contributed by atoms with Gasteiger partial charge in [-0.3, -0.25) is 9.69 Å². The third kappa shape index (κ3) is 5.25. The monoisotopic (exact) mass is 498 g/mol. The summed E-state index contributed by atoms with van der Waals surface area (Å²) >= 11 is 0. The van der Waals surface area contributed by atoms with Crippen molar-refractivity contribution in [3.63, 3.8) is 0 Å². The van der Waals surface area contributed by atoms with Gasteiger partial charge in [-0.15, -0.1) is 0 Å². The van der Waals surface area contributed by atoms with Gasteiger partial charge in [0, 0.05) is 49.7 Å². The number of carbonyl (C=O) groups excluding carboxylic acids is 1. The van der Waals surface area contributed by atoms with Crippen molar-refractivity contribution >= 4 is 17.4 Å². The van der Waals surface area contributed by atoms with E-state index in [-0.39, 0.29) is 36.3 Å². The number of rotatable bonds is 5. The highest BCUT2D eigenvalue weighted by molar-refractivity contribution is 5.99. The molecule has 190 valence electrons. The van der Waals surface area contributed by atoms with E-state index >= 15 is 0 Å². The molecule has 0 spiro atoms. The standard InChI is InChI=1S/C24H27F5N4O2/c1-3-32(16-4-5-19(25)20(26)10-16)23(35)21-11-17(31-7-6-18(34)13-31)12-33(21)22-9-15(24(27,28)29)8-14(2)30-22/h4-5,8-10,17-18,21,34H,3,6-7,11-13H2,1-2H3/t17?,18-,21?/m0/s1. The van der Waals surface area contributed by atoms with E-state index in [1.165, 1.54) is 17.9 Å². The van der Waals surface area contributed by atoms with Gasteiger partial charge in [0.1, 0.15) is 11.9 Å². The molecule has 0 saturated carbocycles. The number of likely N-dealkylation sites (tertiary alicyclic amines) is 1. The zero-order valence-corrected chi connectivity index (χ0v) is 19.4. The third-order valence-electron chi connectivity index (χ3n) is 6.63. The molecule has 1 aromatic heterocycles. The van der Waals surface area contributed by atoms with Crippen LogP contribution in [-0.2, 0) is 11.0 Å². The number of aliphatic hydroxyl groups is 1. The van der Waals surface area contributed by atoms with Gasteiger partial charge in [-0.2, -0.15) is 13.2 Å². The van der Waals surface area contributed by atoms with E-state index in [9.17, 15) is 31.9 Å². The van der Waals surface area contributed by atoms with Crippen molar-refractivity contribution in [2.24, 2.45) is 0 Å². The van der Waals surface area contributed by atoms with Gasteiger partial charge in [0.2, 0.25) is 5.91 Å². The maximum absolute atomic E-state index is 13.9. The molecule has 3 heterocycles. The van der Waals surface area contributed by atoms with E-state index in [1.807, 2.05) is 4.90 Å². The average molecular weight is 498 g/mol. The van der Waals surface area contributed by atoms with Crippen LogP contribution in [0.25, 0.3) is 0 Å². The van der Waals surface area contributed by atoms with Gasteiger partial charge in [0.15, 0.2) is 11.6 Å². The van der Waals surface area contributed by atoms with Crippen LogP contribution in [0.3, 0.4) is 0 Å². The van der Waals surface area contributed by atoms with Gasteiger partial charge >= 0.3 is 6.18 Å². The Kier molecular flexibility index (Phi) is 7.01. The summed E-state index contributed by atoms with van der Waals surface area (Å²) in [6, 6.07) is 3.96. The molecule has 2 aliphatic heterocycles. The van der Waals surface area contributed by atoms with E-state index < -0.39 is 41.4 Å². The van der Waals surface area contributed by atoms with Gasteiger partial charge in [-0.1, -0.05) is 0 Å². The summed E-state index contributed by atoms with van der Waals surface area (Å²) in [4.78, 5) is 22.9. The minimum absolute atomic E-state index is 0.0271. The first-order valence-electron chi connectivity index (χ1n) is 11.5. The number of anilines is 2. The number of hydrogen-bond acceptors (Lipinski definition) is 5. The Hall–Kier alpha value is -2.79. The van der Waals surface area contributed by atoms with E-state index in [4.69, 9.17) is 0 Å². The Morgan fingerprint density at radius 1 is 1.17 bits per heavy atom. The second-order valence-electron chi connectivity index (χ2n) is 9.03. The van der Waals surface area contributed by atoms with E-state index in [2.05, 4.69) is 4.98 Å². The lowest BCUT2D eigenvalue weighted by Crippen LogP contribution is -2.46. The summed E-state index contributed by atoms with van der Waals surface area (Å²) < 4.78 is 67.9. The predicted octanol–water partition coefficient (Wildman–Crippen LogP) is 3.75.